The van der Waals surface area contributed by atoms with E-state index in [1.54, 1.807) is 0 Å². The fourth-order valence-corrected chi connectivity index (χ4v) is 7.08. The molecule has 48 heavy (non-hydrogen) atoms. The largest absolute Gasteiger partial charge is 0.311 e. The monoisotopic (exact) mass is 612 g/mol. The van der Waals surface area contributed by atoms with Crippen molar-refractivity contribution in [2.24, 2.45) is 0 Å². The predicted octanol–water partition coefficient (Wildman–Crippen LogP) is 12.7. The van der Waals surface area contributed by atoms with E-state index in [0.29, 0.717) is 0 Å². The molecule has 226 valence electrons. The predicted molar refractivity (Wildman–Crippen MR) is 204 cm³/mol. The lowest BCUT2D eigenvalue weighted by molar-refractivity contribution is 1.17. The Kier molecular flexibility index (Phi) is 6.84. The molecule has 0 aliphatic rings. The molecule has 0 saturated carbocycles. The zero-order valence-electron chi connectivity index (χ0n) is 26.4. The summed E-state index contributed by atoms with van der Waals surface area (Å²) >= 11 is 0. The molecule has 0 aliphatic carbocycles. The second-order valence-electron chi connectivity index (χ2n) is 12.2. The summed E-state index contributed by atoms with van der Waals surface area (Å²) < 4.78 is 2.40. The topological polar surface area (TPSA) is 8.17 Å². The summed E-state index contributed by atoms with van der Waals surface area (Å²) in [6, 6.07) is 69.8. The number of hydrogen-bond donors (Lipinski definition) is 0. The molecule has 0 fully saturated rings. The van der Waals surface area contributed by atoms with E-state index in [0.717, 1.165) is 22.7 Å². The molecule has 2 heteroatoms. The number of nitrogens with zero attached hydrogens (tertiary/aromatic N) is 2. The van der Waals surface area contributed by atoms with E-state index < -0.39 is 0 Å². The molecule has 0 saturated heterocycles. The molecule has 0 spiro atoms. The van der Waals surface area contributed by atoms with Crippen LogP contribution >= 0.6 is 0 Å². The summed E-state index contributed by atoms with van der Waals surface area (Å²) in [7, 11) is 0. The second kappa shape index (κ2) is 11.8. The van der Waals surface area contributed by atoms with Crippen molar-refractivity contribution >= 4 is 49.6 Å². The first-order valence-corrected chi connectivity index (χ1v) is 16.4. The average Bonchev–Trinajstić information content (AvgIpc) is 3.51. The summed E-state index contributed by atoms with van der Waals surface area (Å²) in [5, 5.41) is 5.11. The minimum absolute atomic E-state index is 1.10. The standard InChI is InChI=1S/C46H32N2/c1-3-11-33(12-4-1)35-19-24-38(25-20-35)47(39-26-21-36(22-27-39)34-13-5-2-6-14-34)40-28-30-41(31-29-40)48-44-18-10-9-17-43(44)46-42-16-8-7-15-37(42)23-32-45(46)48/h1-32H. The Bertz CT molecular complexity index is 2430. The number of para-hydroxylation sites is 1. The SMILES string of the molecule is c1ccc(-c2ccc(N(c3ccc(-c4ccccc4)cc3)c3ccc(-n4c5ccccc5c5c6ccccc6ccc54)cc3)cc2)cc1. The molecule has 0 amide bonds. The van der Waals surface area contributed by atoms with Gasteiger partial charge in [0, 0.05) is 33.5 Å². The van der Waals surface area contributed by atoms with Gasteiger partial charge in [0.15, 0.2) is 0 Å². The maximum absolute atomic E-state index is 2.40. The highest BCUT2D eigenvalue weighted by molar-refractivity contribution is 6.21. The van der Waals surface area contributed by atoms with Gasteiger partial charge in [-0.25, -0.2) is 0 Å². The van der Waals surface area contributed by atoms with E-state index in [2.05, 4.69) is 204 Å². The van der Waals surface area contributed by atoms with Gasteiger partial charge in [-0.15, -0.1) is 0 Å². The van der Waals surface area contributed by atoms with E-state index in [-0.39, 0.29) is 0 Å². The summed E-state index contributed by atoms with van der Waals surface area (Å²) in [5.41, 5.74) is 11.7. The van der Waals surface area contributed by atoms with Gasteiger partial charge in [-0.2, -0.15) is 0 Å². The van der Waals surface area contributed by atoms with Gasteiger partial charge in [0.1, 0.15) is 0 Å². The number of rotatable bonds is 6. The van der Waals surface area contributed by atoms with Crippen molar-refractivity contribution in [3.63, 3.8) is 0 Å². The van der Waals surface area contributed by atoms with Crippen LogP contribution in [0, 0.1) is 0 Å². The number of benzene rings is 8. The third-order valence-corrected chi connectivity index (χ3v) is 9.39. The summed E-state index contributed by atoms with van der Waals surface area (Å²) in [5.74, 6) is 0. The smallest absolute Gasteiger partial charge is 0.0547 e. The molecule has 1 aromatic heterocycles. The van der Waals surface area contributed by atoms with Crippen LogP contribution in [0.4, 0.5) is 17.1 Å². The fraction of sp³-hybridized carbons (Fsp3) is 0. The van der Waals surface area contributed by atoms with Gasteiger partial charge in [-0.05, 0) is 93.7 Å². The lowest BCUT2D eigenvalue weighted by Gasteiger charge is -2.26. The Morgan fingerprint density at radius 2 is 0.771 bits per heavy atom. The molecule has 0 radical (unpaired) electrons. The van der Waals surface area contributed by atoms with Crippen LogP contribution in [0.2, 0.25) is 0 Å². The van der Waals surface area contributed by atoms with Crippen LogP contribution in [0.1, 0.15) is 0 Å². The van der Waals surface area contributed by atoms with E-state index in [1.807, 2.05) is 0 Å². The van der Waals surface area contributed by atoms with Gasteiger partial charge < -0.3 is 9.47 Å². The molecule has 8 aromatic carbocycles. The Morgan fingerprint density at radius 3 is 1.35 bits per heavy atom. The minimum Gasteiger partial charge on any atom is -0.311 e. The summed E-state index contributed by atoms with van der Waals surface area (Å²) in [6.45, 7) is 0. The van der Waals surface area contributed by atoms with Crippen LogP contribution in [0.15, 0.2) is 194 Å². The highest BCUT2D eigenvalue weighted by atomic mass is 15.1. The Labute approximate surface area is 280 Å². The Hall–Kier alpha value is -6.38. The van der Waals surface area contributed by atoms with Gasteiger partial charge in [-0.3, -0.25) is 0 Å². The van der Waals surface area contributed by atoms with E-state index in [4.69, 9.17) is 0 Å². The molecule has 2 nitrogen and oxygen atoms in total. The molecule has 1 heterocycles. The molecule has 9 aromatic rings. The van der Waals surface area contributed by atoms with Crippen LogP contribution in [0.25, 0.3) is 60.5 Å². The zero-order valence-corrected chi connectivity index (χ0v) is 26.4. The van der Waals surface area contributed by atoms with Crippen molar-refractivity contribution in [2.45, 2.75) is 0 Å². The van der Waals surface area contributed by atoms with Crippen molar-refractivity contribution in [3.05, 3.63) is 194 Å². The highest BCUT2D eigenvalue weighted by Gasteiger charge is 2.17. The van der Waals surface area contributed by atoms with Crippen molar-refractivity contribution in [1.82, 2.24) is 4.57 Å². The van der Waals surface area contributed by atoms with Crippen LogP contribution in [-0.4, -0.2) is 4.57 Å². The third-order valence-electron chi connectivity index (χ3n) is 9.39. The first-order chi connectivity index (χ1) is 23.8. The van der Waals surface area contributed by atoms with Gasteiger partial charge in [0.2, 0.25) is 0 Å². The Morgan fingerprint density at radius 1 is 0.312 bits per heavy atom. The summed E-state index contributed by atoms with van der Waals surface area (Å²) in [6.07, 6.45) is 0. The van der Waals surface area contributed by atoms with Crippen LogP contribution in [-0.2, 0) is 0 Å². The van der Waals surface area contributed by atoms with E-state index >= 15 is 0 Å². The minimum atomic E-state index is 1.10. The number of fused-ring (bicyclic) bond motifs is 5. The van der Waals surface area contributed by atoms with Crippen molar-refractivity contribution in [1.29, 1.82) is 0 Å². The third kappa shape index (κ3) is 4.83. The molecular formula is C46H32N2. The van der Waals surface area contributed by atoms with E-state index in [9.17, 15) is 0 Å². The lowest BCUT2D eigenvalue weighted by atomic mass is 10.0. The second-order valence-corrected chi connectivity index (χ2v) is 12.2. The first kappa shape index (κ1) is 27.9. The van der Waals surface area contributed by atoms with Crippen LogP contribution < -0.4 is 4.90 Å². The summed E-state index contributed by atoms with van der Waals surface area (Å²) in [4.78, 5) is 2.34. The number of hydrogen-bond acceptors (Lipinski definition) is 1. The lowest BCUT2D eigenvalue weighted by Crippen LogP contribution is -2.10. The van der Waals surface area contributed by atoms with Crippen LogP contribution in [0.5, 0.6) is 0 Å². The molecule has 0 N–H and O–H groups in total. The maximum Gasteiger partial charge on any atom is 0.0547 e. The van der Waals surface area contributed by atoms with Crippen molar-refractivity contribution < 1.29 is 0 Å². The normalized spacial score (nSPS) is 11.3. The number of anilines is 3. The number of aromatic nitrogens is 1. The molecule has 0 atom stereocenters. The van der Waals surface area contributed by atoms with Gasteiger partial charge >= 0.3 is 0 Å². The van der Waals surface area contributed by atoms with Crippen molar-refractivity contribution in [2.75, 3.05) is 4.90 Å². The quantitative estimate of drug-likeness (QED) is 0.181. The molecule has 9 rings (SSSR count). The van der Waals surface area contributed by atoms with Crippen molar-refractivity contribution in [3.8, 4) is 27.9 Å². The Balaban J connectivity index is 1.16. The van der Waals surface area contributed by atoms with Gasteiger partial charge in [0.25, 0.3) is 0 Å². The fourth-order valence-electron chi connectivity index (χ4n) is 7.08. The first-order valence-electron chi connectivity index (χ1n) is 16.4. The molecule has 0 bridgehead atoms. The molecule has 0 unspecified atom stereocenters. The van der Waals surface area contributed by atoms with Gasteiger partial charge in [-0.1, -0.05) is 133 Å². The zero-order chi connectivity index (χ0) is 31.9. The highest BCUT2D eigenvalue weighted by Crippen LogP contribution is 2.40. The van der Waals surface area contributed by atoms with Crippen LogP contribution in [0.3, 0.4) is 0 Å². The average molecular weight is 613 g/mol. The van der Waals surface area contributed by atoms with Gasteiger partial charge in [0.05, 0.1) is 11.0 Å². The molecular weight excluding hydrogens is 581 g/mol. The van der Waals surface area contributed by atoms with E-state index in [1.165, 1.54) is 54.8 Å². The maximum atomic E-state index is 2.40. The molecule has 0 aliphatic heterocycles.